The van der Waals surface area contributed by atoms with Crippen molar-refractivity contribution < 1.29 is 4.79 Å². The van der Waals surface area contributed by atoms with Crippen molar-refractivity contribution in [2.75, 3.05) is 0 Å². The summed E-state index contributed by atoms with van der Waals surface area (Å²) in [6.07, 6.45) is 5.11. The van der Waals surface area contributed by atoms with Crippen molar-refractivity contribution in [1.29, 1.82) is 0 Å². The largest absolute Gasteiger partial charge is 0.268 e. The molecule has 1 aromatic heterocycles. The molecule has 5 rings (SSSR count). The molecule has 3 heteroatoms. The standard InChI is InChI=1S/C20H14N2O/c23-20-16-10-5-4-9-14(16)15-11-6-12-17-18(15)22(20)19(21-17)13-7-2-1-3-8-13/h1-10,12,15H,11H2. The highest BCUT2D eigenvalue weighted by atomic mass is 16.2. The number of rotatable bonds is 1. The fraction of sp³-hybridized carbons (Fsp3) is 0.100. The van der Waals surface area contributed by atoms with Crippen molar-refractivity contribution in [3.63, 3.8) is 0 Å². The second-order valence-corrected chi connectivity index (χ2v) is 5.99. The summed E-state index contributed by atoms with van der Waals surface area (Å²) in [5.41, 5.74) is 4.84. The van der Waals surface area contributed by atoms with Crippen LogP contribution in [0.1, 0.15) is 39.6 Å². The van der Waals surface area contributed by atoms with Crippen LogP contribution < -0.4 is 0 Å². The molecule has 3 nitrogen and oxygen atoms in total. The number of hydrogen-bond donors (Lipinski definition) is 0. The van der Waals surface area contributed by atoms with Crippen LogP contribution in [-0.4, -0.2) is 15.5 Å². The molecular weight excluding hydrogens is 284 g/mol. The highest BCUT2D eigenvalue weighted by molar-refractivity contribution is 6.02. The molecule has 2 aliphatic rings. The highest BCUT2D eigenvalue weighted by Gasteiger charge is 2.36. The highest BCUT2D eigenvalue weighted by Crippen LogP contribution is 2.42. The predicted octanol–water partition coefficient (Wildman–Crippen LogP) is 4.10. The summed E-state index contributed by atoms with van der Waals surface area (Å²) in [6, 6.07) is 17.9. The number of carbonyl (C=O) groups excluding carboxylic acids is 1. The molecule has 0 radical (unpaired) electrons. The predicted molar refractivity (Wildman–Crippen MR) is 89.3 cm³/mol. The van der Waals surface area contributed by atoms with E-state index in [1.165, 1.54) is 0 Å². The van der Waals surface area contributed by atoms with Gasteiger partial charge in [-0.05, 0) is 24.1 Å². The van der Waals surface area contributed by atoms with Crippen molar-refractivity contribution in [2.45, 2.75) is 12.3 Å². The maximum Gasteiger partial charge on any atom is 0.264 e. The fourth-order valence-corrected chi connectivity index (χ4v) is 3.71. The number of allylic oxidation sites excluding steroid dienone is 1. The normalized spacial score (nSPS) is 17.7. The molecular formula is C20H14N2O. The molecule has 1 atom stereocenters. The zero-order chi connectivity index (χ0) is 15.4. The van der Waals surface area contributed by atoms with E-state index in [1.54, 1.807) is 0 Å². The number of carbonyl (C=O) groups is 1. The van der Waals surface area contributed by atoms with Gasteiger partial charge >= 0.3 is 0 Å². The topological polar surface area (TPSA) is 34.9 Å². The van der Waals surface area contributed by atoms with E-state index >= 15 is 0 Å². The number of fused-ring (bicyclic) bond motifs is 2. The monoisotopic (exact) mass is 298 g/mol. The third kappa shape index (κ3) is 1.65. The van der Waals surface area contributed by atoms with Crippen molar-refractivity contribution in [3.8, 4) is 11.4 Å². The third-order valence-electron chi connectivity index (χ3n) is 4.72. The van der Waals surface area contributed by atoms with E-state index in [2.05, 4.69) is 12.1 Å². The van der Waals surface area contributed by atoms with Crippen LogP contribution in [0.2, 0.25) is 0 Å². The molecule has 0 N–H and O–H groups in total. The van der Waals surface area contributed by atoms with Gasteiger partial charge in [0.2, 0.25) is 0 Å². The molecule has 1 aliphatic carbocycles. The van der Waals surface area contributed by atoms with Gasteiger partial charge in [0.15, 0.2) is 0 Å². The molecule has 110 valence electrons. The molecule has 23 heavy (non-hydrogen) atoms. The minimum Gasteiger partial charge on any atom is -0.268 e. The van der Waals surface area contributed by atoms with Crippen molar-refractivity contribution in [2.24, 2.45) is 0 Å². The lowest BCUT2D eigenvalue weighted by Crippen LogP contribution is -2.27. The maximum absolute atomic E-state index is 13.1. The number of nitrogens with zero attached hydrogens (tertiary/aromatic N) is 2. The van der Waals surface area contributed by atoms with Crippen molar-refractivity contribution in [1.82, 2.24) is 9.55 Å². The van der Waals surface area contributed by atoms with Gasteiger partial charge in [-0.15, -0.1) is 0 Å². The van der Waals surface area contributed by atoms with Crippen LogP contribution in [0, 0.1) is 0 Å². The van der Waals surface area contributed by atoms with Crippen LogP contribution in [0.25, 0.3) is 17.5 Å². The van der Waals surface area contributed by atoms with Crippen LogP contribution in [-0.2, 0) is 0 Å². The number of imidazole rings is 1. The zero-order valence-electron chi connectivity index (χ0n) is 12.4. The Morgan fingerprint density at radius 3 is 2.65 bits per heavy atom. The first-order chi connectivity index (χ1) is 11.3. The van der Waals surface area contributed by atoms with Gasteiger partial charge in [-0.1, -0.05) is 54.6 Å². The van der Waals surface area contributed by atoms with Gasteiger partial charge in [0.1, 0.15) is 5.82 Å². The van der Waals surface area contributed by atoms with E-state index in [4.69, 9.17) is 4.98 Å². The van der Waals surface area contributed by atoms with E-state index in [9.17, 15) is 4.79 Å². The smallest absolute Gasteiger partial charge is 0.264 e. The number of hydrogen-bond acceptors (Lipinski definition) is 2. The first kappa shape index (κ1) is 12.6. The summed E-state index contributed by atoms with van der Waals surface area (Å²) in [5.74, 6) is 0.986. The van der Waals surface area contributed by atoms with Gasteiger partial charge in [0.05, 0.1) is 11.4 Å². The van der Waals surface area contributed by atoms with Crippen LogP contribution in [0.15, 0.2) is 60.7 Å². The molecule has 2 aromatic carbocycles. The lowest BCUT2D eigenvalue weighted by molar-refractivity contribution is 0.0951. The Morgan fingerprint density at radius 1 is 1.00 bits per heavy atom. The second kappa shape index (κ2) is 4.53. The van der Waals surface area contributed by atoms with Gasteiger partial charge in [-0.2, -0.15) is 0 Å². The number of benzene rings is 2. The van der Waals surface area contributed by atoms with Crippen LogP contribution in [0.3, 0.4) is 0 Å². The molecule has 1 aliphatic heterocycles. The van der Waals surface area contributed by atoms with E-state index in [-0.39, 0.29) is 11.8 Å². The summed E-state index contributed by atoms with van der Waals surface area (Å²) >= 11 is 0. The SMILES string of the molecule is O=C1c2ccccc2C2CC=Cc3nc(-c4ccccc4)n1c32. The van der Waals surface area contributed by atoms with Crippen molar-refractivity contribution in [3.05, 3.63) is 83.2 Å². The first-order valence-corrected chi connectivity index (χ1v) is 7.83. The Balaban J connectivity index is 1.84. The summed E-state index contributed by atoms with van der Waals surface area (Å²) in [6.45, 7) is 0. The quantitative estimate of drug-likeness (QED) is 0.678. The molecule has 3 aromatic rings. The minimum absolute atomic E-state index is 0.0275. The molecule has 0 bridgehead atoms. The van der Waals surface area contributed by atoms with Gasteiger partial charge < -0.3 is 0 Å². The molecule has 0 spiro atoms. The molecule has 0 fully saturated rings. The molecule has 0 saturated carbocycles. The van der Waals surface area contributed by atoms with E-state index < -0.39 is 0 Å². The Morgan fingerprint density at radius 2 is 1.78 bits per heavy atom. The third-order valence-corrected chi connectivity index (χ3v) is 4.72. The van der Waals surface area contributed by atoms with Crippen LogP contribution in [0.5, 0.6) is 0 Å². The van der Waals surface area contributed by atoms with E-state index in [1.807, 2.05) is 59.2 Å². The Hall–Kier alpha value is -2.94. The van der Waals surface area contributed by atoms with Crippen LogP contribution >= 0.6 is 0 Å². The average Bonchev–Trinajstić information content (AvgIpc) is 3.01. The Kier molecular flexibility index (Phi) is 2.48. The van der Waals surface area contributed by atoms with Crippen molar-refractivity contribution >= 4 is 12.0 Å². The average molecular weight is 298 g/mol. The second-order valence-electron chi connectivity index (χ2n) is 5.99. The lowest BCUT2D eigenvalue weighted by Gasteiger charge is -2.28. The van der Waals surface area contributed by atoms with Crippen LogP contribution in [0.4, 0.5) is 0 Å². The Labute approximate surface area is 133 Å². The summed E-state index contributed by atoms with van der Waals surface area (Å²) < 4.78 is 1.82. The van der Waals surface area contributed by atoms with Gasteiger partial charge in [0.25, 0.3) is 5.91 Å². The van der Waals surface area contributed by atoms with Gasteiger partial charge in [0, 0.05) is 17.0 Å². The zero-order valence-corrected chi connectivity index (χ0v) is 12.4. The molecule has 2 heterocycles. The maximum atomic E-state index is 13.1. The summed E-state index contributed by atoms with van der Waals surface area (Å²) in [7, 11) is 0. The number of aromatic nitrogens is 2. The minimum atomic E-state index is 0.0275. The summed E-state index contributed by atoms with van der Waals surface area (Å²) in [4.78, 5) is 17.9. The van der Waals surface area contributed by atoms with E-state index in [0.717, 1.165) is 40.3 Å². The van der Waals surface area contributed by atoms with Gasteiger partial charge in [-0.25, -0.2) is 4.98 Å². The Bertz CT molecular complexity index is 967. The van der Waals surface area contributed by atoms with Gasteiger partial charge in [-0.3, -0.25) is 9.36 Å². The van der Waals surface area contributed by atoms with E-state index in [0.29, 0.717) is 0 Å². The molecule has 0 amide bonds. The summed E-state index contributed by atoms with van der Waals surface area (Å²) in [5, 5.41) is 0. The first-order valence-electron chi connectivity index (χ1n) is 7.83. The lowest BCUT2D eigenvalue weighted by atomic mass is 9.82. The molecule has 1 unspecified atom stereocenters. The fourth-order valence-electron chi connectivity index (χ4n) is 3.71. The molecule has 0 saturated heterocycles.